The lowest BCUT2D eigenvalue weighted by atomic mass is 10.1. The maximum Gasteiger partial charge on any atom is 0.265 e. The van der Waals surface area contributed by atoms with Gasteiger partial charge in [-0.2, -0.15) is 0 Å². The second kappa shape index (κ2) is 5.52. The Hall–Kier alpha value is -2.70. The van der Waals surface area contributed by atoms with Crippen molar-refractivity contribution in [2.75, 3.05) is 7.11 Å². The van der Waals surface area contributed by atoms with E-state index < -0.39 is 22.7 Å². The van der Waals surface area contributed by atoms with Crippen LogP contribution in [0, 0.1) is 5.82 Å². The lowest BCUT2D eigenvalue weighted by Gasteiger charge is -2.06. The van der Waals surface area contributed by atoms with Gasteiger partial charge in [-0.3, -0.25) is 19.5 Å². The number of H-pyrrole nitrogens is 1. The second-order valence-corrected chi connectivity index (χ2v) is 4.01. The second-order valence-electron chi connectivity index (χ2n) is 4.01. The molecule has 1 aromatic heterocycles. The molecule has 2 rings (SSSR count). The van der Waals surface area contributed by atoms with E-state index in [0.29, 0.717) is 0 Å². The molecular formula is C13H11FN2O4. The maximum atomic E-state index is 13.5. The topological polar surface area (TPSA) is 81.2 Å². The predicted octanol–water partition coefficient (Wildman–Crippen LogP) is 0.567. The Morgan fingerprint density at radius 3 is 2.70 bits per heavy atom. The quantitative estimate of drug-likeness (QED) is 0.829. The molecule has 0 fully saturated rings. The summed E-state index contributed by atoms with van der Waals surface area (Å²) in [4.78, 5) is 34.5. The molecular weight excluding hydrogens is 267 g/mol. The molecule has 0 unspecified atom stereocenters. The smallest absolute Gasteiger partial charge is 0.265 e. The molecule has 0 spiro atoms. The first kappa shape index (κ1) is 13.7. The van der Waals surface area contributed by atoms with Crippen LogP contribution < -0.4 is 15.9 Å². The van der Waals surface area contributed by atoms with Gasteiger partial charge in [0.15, 0.2) is 17.3 Å². The van der Waals surface area contributed by atoms with Crippen molar-refractivity contribution in [2.24, 2.45) is 0 Å². The van der Waals surface area contributed by atoms with Crippen LogP contribution in [0.2, 0.25) is 0 Å². The zero-order chi connectivity index (χ0) is 14.7. The van der Waals surface area contributed by atoms with Crippen molar-refractivity contribution in [3.8, 4) is 5.75 Å². The van der Waals surface area contributed by atoms with Gasteiger partial charge in [0.25, 0.3) is 11.1 Å². The molecule has 6 nitrogen and oxygen atoms in total. The summed E-state index contributed by atoms with van der Waals surface area (Å²) in [7, 11) is 1.31. The van der Waals surface area contributed by atoms with Crippen molar-refractivity contribution in [3.05, 3.63) is 62.4 Å². The number of hydrogen-bond acceptors (Lipinski definition) is 4. The van der Waals surface area contributed by atoms with E-state index in [-0.39, 0.29) is 17.9 Å². The van der Waals surface area contributed by atoms with Crippen molar-refractivity contribution >= 4 is 5.78 Å². The Balaban J connectivity index is 2.28. The number of nitrogens with zero attached hydrogens (tertiary/aromatic N) is 1. The van der Waals surface area contributed by atoms with E-state index in [4.69, 9.17) is 4.74 Å². The summed E-state index contributed by atoms with van der Waals surface area (Å²) in [5.41, 5.74) is -0.940. The van der Waals surface area contributed by atoms with Crippen molar-refractivity contribution in [1.82, 2.24) is 9.78 Å². The third-order valence-electron chi connectivity index (χ3n) is 2.66. The van der Waals surface area contributed by atoms with Crippen LogP contribution in [-0.2, 0) is 6.54 Å². The molecule has 1 N–H and O–H groups in total. The first-order chi connectivity index (χ1) is 9.51. The van der Waals surface area contributed by atoms with Crippen LogP contribution in [-0.4, -0.2) is 22.7 Å². The van der Waals surface area contributed by atoms with E-state index in [2.05, 4.69) is 5.10 Å². The van der Waals surface area contributed by atoms with Crippen LogP contribution in [0.5, 0.6) is 5.75 Å². The highest BCUT2D eigenvalue weighted by molar-refractivity contribution is 5.95. The summed E-state index contributed by atoms with van der Waals surface area (Å²) in [5.74, 6) is -1.16. The van der Waals surface area contributed by atoms with Crippen LogP contribution in [0.25, 0.3) is 0 Å². The number of hydrogen-bond donors (Lipinski definition) is 1. The fourth-order valence-electron chi connectivity index (χ4n) is 1.65. The molecule has 0 aliphatic rings. The molecule has 1 heterocycles. The number of ether oxygens (including phenoxy) is 1. The average molecular weight is 278 g/mol. The van der Waals surface area contributed by atoms with Crippen LogP contribution in [0.3, 0.4) is 0 Å². The number of carbonyl (C=O) groups is 1. The van der Waals surface area contributed by atoms with Gasteiger partial charge in [-0.25, -0.2) is 9.07 Å². The summed E-state index contributed by atoms with van der Waals surface area (Å²) in [5, 5.41) is 2.22. The summed E-state index contributed by atoms with van der Waals surface area (Å²) in [6.45, 7) is -0.374. The third-order valence-corrected chi connectivity index (χ3v) is 2.66. The third kappa shape index (κ3) is 2.82. The lowest BCUT2D eigenvalue weighted by Crippen LogP contribution is -2.30. The number of ketones is 1. The highest BCUT2D eigenvalue weighted by Gasteiger charge is 2.11. The molecule has 0 radical (unpaired) electrons. The highest BCUT2D eigenvalue weighted by Crippen LogP contribution is 2.18. The lowest BCUT2D eigenvalue weighted by molar-refractivity contribution is 0.0965. The van der Waals surface area contributed by atoms with Gasteiger partial charge >= 0.3 is 0 Å². The van der Waals surface area contributed by atoms with Gasteiger partial charge in [0.05, 0.1) is 7.11 Å². The molecule has 1 aromatic carbocycles. The summed E-state index contributed by atoms with van der Waals surface area (Å²) < 4.78 is 19.1. The van der Waals surface area contributed by atoms with Gasteiger partial charge < -0.3 is 4.74 Å². The molecule has 0 amide bonds. The number of benzene rings is 1. The Bertz CT molecular complexity index is 763. The standard InChI is InChI=1S/C13H11FN2O4/c1-20-11-3-2-8(6-9(11)14)10(17)7-16-13(19)5-4-12(18)15-16/h2-6H,7H2,1H3,(H,15,18). The molecule has 104 valence electrons. The number of aromatic nitrogens is 2. The van der Waals surface area contributed by atoms with E-state index in [1.807, 2.05) is 0 Å². The number of Topliss-reactive ketones (excluding diaryl/α,β-unsaturated/α-hetero) is 1. The van der Waals surface area contributed by atoms with Crippen LogP contribution >= 0.6 is 0 Å². The molecule has 0 bridgehead atoms. The fourth-order valence-corrected chi connectivity index (χ4v) is 1.65. The van der Waals surface area contributed by atoms with Crippen molar-refractivity contribution in [2.45, 2.75) is 6.54 Å². The van der Waals surface area contributed by atoms with Gasteiger partial charge in [-0.15, -0.1) is 0 Å². The van der Waals surface area contributed by atoms with Crippen LogP contribution in [0.1, 0.15) is 10.4 Å². The largest absolute Gasteiger partial charge is 0.494 e. The average Bonchev–Trinajstić information content (AvgIpc) is 2.42. The van der Waals surface area contributed by atoms with Crippen LogP contribution in [0.15, 0.2) is 39.9 Å². The minimum Gasteiger partial charge on any atom is -0.494 e. The van der Waals surface area contributed by atoms with Gasteiger partial charge in [-0.05, 0) is 18.2 Å². The van der Waals surface area contributed by atoms with E-state index in [1.165, 1.54) is 19.2 Å². The van der Waals surface area contributed by atoms with Crippen molar-refractivity contribution in [1.29, 1.82) is 0 Å². The first-order valence-electron chi connectivity index (χ1n) is 5.68. The summed E-state index contributed by atoms with van der Waals surface area (Å²) in [6.07, 6.45) is 0. The van der Waals surface area contributed by atoms with Crippen LogP contribution in [0.4, 0.5) is 4.39 Å². The Kier molecular flexibility index (Phi) is 3.79. The molecule has 0 atom stereocenters. The highest BCUT2D eigenvalue weighted by atomic mass is 19.1. The van der Waals surface area contributed by atoms with Crippen molar-refractivity contribution in [3.63, 3.8) is 0 Å². The SMILES string of the molecule is COc1ccc(C(=O)Cn2[nH]c(=O)ccc2=O)cc1F. The molecule has 0 saturated heterocycles. The Morgan fingerprint density at radius 2 is 2.05 bits per heavy atom. The van der Waals surface area contributed by atoms with E-state index in [9.17, 15) is 18.8 Å². The minimum absolute atomic E-state index is 0.0202. The number of aromatic amines is 1. The van der Waals surface area contributed by atoms with Gasteiger partial charge in [0, 0.05) is 17.7 Å². The Labute approximate surface area is 112 Å². The number of halogens is 1. The number of rotatable bonds is 4. The Morgan fingerprint density at radius 1 is 1.30 bits per heavy atom. The van der Waals surface area contributed by atoms with E-state index >= 15 is 0 Å². The first-order valence-corrected chi connectivity index (χ1v) is 5.68. The van der Waals surface area contributed by atoms with Gasteiger partial charge in [0.1, 0.15) is 6.54 Å². The molecule has 0 aliphatic carbocycles. The molecule has 2 aromatic rings. The zero-order valence-corrected chi connectivity index (χ0v) is 10.6. The minimum atomic E-state index is -0.674. The normalized spacial score (nSPS) is 10.3. The maximum absolute atomic E-state index is 13.5. The molecule has 0 saturated carbocycles. The van der Waals surface area contributed by atoms with Crippen molar-refractivity contribution < 1.29 is 13.9 Å². The van der Waals surface area contributed by atoms with E-state index in [0.717, 1.165) is 22.9 Å². The molecule has 20 heavy (non-hydrogen) atoms. The zero-order valence-electron chi connectivity index (χ0n) is 10.6. The van der Waals surface area contributed by atoms with Gasteiger partial charge in [-0.1, -0.05) is 0 Å². The number of methoxy groups -OCH3 is 1. The van der Waals surface area contributed by atoms with E-state index in [1.54, 1.807) is 0 Å². The summed E-state index contributed by atoms with van der Waals surface area (Å²) in [6, 6.07) is 5.85. The number of carbonyl (C=O) groups excluding carboxylic acids is 1. The molecule has 7 heteroatoms. The molecule has 0 aliphatic heterocycles. The van der Waals surface area contributed by atoms with Gasteiger partial charge in [0.2, 0.25) is 0 Å². The predicted molar refractivity (Wildman–Crippen MR) is 68.6 cm³/mol. The fraction of sp³-hybridized carbons (Fsp3) is 0.154. The number of nitrogens with one attached hydrogen (secondary N) is 1. The summed E-state index contributed by atoms with van der Waals surface area (Å²) >= 11 is 0. The monoisotopic (exact) mass is 278 g/mol.